The molecule has 0 radical (unpaired) electrons. The van der Waals surface area contributed by atoms with E-state index in [4.69, 9.17) is 9.72 Å². The maximum absolute atomic E-state index is 12.1. The molecular formula is C21H21N5O2S2. The van der Waals surface area contributed by atoms with E-state index >= 15 is 0 Å². The van der Waals surface area contributed by atoms with Crippen molar-refractivity contribution in [1.29, 1.82) is 0 Å². The number of nitrogens with zero attached hydrogens (tertiary/aromatic N) is 5. The Morgan fingerprint density at radius 2 is 2.17 bits per heavy atom. The third-order valence-electron chi connectivity index (χ3n) is 5.04. The van der Waals surface area contributed by atoms with Crippen LogP contribution in [0.1, 0.15) is 23.5 Å². The third-order valence-corrected chi connectivity index (χ3v) is 7.13. The van der Waals surface area contributed by atoms with Gasteiger partial charge in [0.15, 0.2) is 5.16 Å². The van der Waals surface area contributed by atoms with Gasteiger partial charge >= 0.3 is 0 Å². The molecule has 30 heavy (non-hydrogen) atoms. The van der Waals surface area contributed by atoms with Crippen LogP contribution < -0.4 is 5.56 Å². The standard InChI is InChI=1S/C21H21N5O2S2/c1-14-10-19(27)26-21(23-14)30-18(24-26)13-29-20-22-11-17(15-6-3-2-4-7-15)25(20)12-16-8-5-9-28-16/h2-4,6-7,10-11,16H,5,8-9,12-13H2,1H3/t16-/m0/s1. The molecule has 1 aliphatic heterocycles. The fourth-order valence-corrected chi connectivity index (χ4v) is 5.55. The minimum atomic E-state index is -0.142. The predicted molar refractivity (Wildman–Crippen MR) is 118 cm³/mol. The van der Waals surface area contributed by atoms with Crippen LogP contribution in [0.25, 0.3) is 16.2 Å². The molecular weight excluding hydrogens is 418 g/mol. The molecule has 0 unspecified atom stereocenters. The maximum Gasteiger partial charge on any atom is 0.275 e. The number of imidazole rings is 1. The molecule has 0 spiro atoms. The van der Waals surface area contributed by atoms with E-state index in [1.54, 1.807) is 11.8 Å². The Morgan fingerprint density at radius 3 is 2.97 bits per heavy atom. The van der Waals surface area contributed by atoms with E-state index in [0.29, 0.717) is 16.4 Å². The molecule has 5 rings (SSSR count). The van der Waals surface area contributed by atoms with Crippen LogP contribution in [0, 0.1) is 6.92 Å². The summed E-state index contributed by atoms with van der Waals surface area (Å²) in [6.07, 6.45) is 4.33. The van der Waals surface area contributed by atoms with Gasteiger partial charge < -0.3 is 9.30 Å². The lowest BCUT2D eigenvalue weighted by Crippen LogP contribution is -2.16. The number of fused-ring (bicyclic) bond motifs is 1. The predicted octanol–water partition coefficient (Wildman–Crippen LogP) is 3.79. The third kappa shape index (κ3) is 3.92. The second kappa shape index (κ2) is 8.33. The average molecular weight is 440 g/mol. The van der Waals surface area contributed by atoms with Gasteiger partial charge in [-0.15, -0.1) is 0 Å². The highest BCUT2D eigenvalue weighted by atomic mass is 32.2. The molecule has 1 aliphatic rings. The van der Waals surface area contributed by atoms with Crippen LogP contribution in [0.15, 0.2) is 52.5 Å². The van der Waals surface area contributed by atoms with Crippen molar-refractivity contribution in [3.05, 3.63) is 63.7 Å². The molecule has 1 atom stereocenters. The highest BCUT2D eigenvalue weighted by molar-refractivity contribution is 7.98. The van der Waals surface area contributed by atoms with Gasteiger partial charge in [0, 0.05) is 18.4 Å². The van der Waals surface area contributed by atoms with Gasteiger partial charge in [-0.2, -0.15) is 9.61 Å². The van der Waals surface area contributed by atoms with Gasteiger partial charge in [0.05, 0.1) is 30.3 Å². The molecule has 1 saturated heterocycles. The number of thioether (sulfide) groups is 1. The SMILES string of the molecule is Cc1cc(=O)n2nc(CSc3ncc(-c4ccccc4)n3C[C@@H]3CCCO3)sc2n1. The van der Waals surface area contributed by atoms with E-state index in [1.165, 1.54) is 21.9 Å². The molecule has 1 fully saturated rings. The molecule has 1 aromatic carbocycles. The van der Waals surface area contributed by atoms with Gasteiger partial charge in [0.2, 0.25) is 4.96 Å². The van der Waals surface area contributed by atoms with Crippen molar-refractivity contribution in [3.8, 4) is 11.3 Å². The highest BCUT2D eigenvalue weighted by Crippen LogP contribution is 2.30. The normalized spacial score (nSPS) is 16.5. The van der Waals surface area contributed by atoms with E-state index < -0.39 is 0 Å². The van der Waals surface area contributed by atoms with Crippen molar-refractivity contribution in [3.63, 3.8) is 0 Å². The molecule has 0 bridgehead atoms. The van der Waals surface area contributed by atoms with Crippen LogP contribution in [0.3, 0.4) is 0 Å². The molecule has 7 nitrogen and oxygen atoms in total. The summed E-state index contributed by atoms with van der Waals surface area (Å²) in [5, 5.41) is 6.22. The summed E-state index contributed by atoms with van der Waals surface area (Å²) >= 11 is 3.07. The zero-order valence-electron chi connectivity index (χ0n) is 16.5. The van der Waals surface area contributed by atoms with Crippen molar-refractivity contribution in [2.75, 3.05) is 6.61 Å². The topological polar surface area (TPSA) is 74.3 Å². The van der Waals surface area contributed by atoms with Gasteiger partial charge in [-0.1, -0.05) is 53.4 Å². The number of rotatable bonds is 6. The number of aryl methyl sites for hydroxylation is 1. The van der Waals surface area contributed by atoms with Crippen LogP contribution in [-0.2, 0) is 17.0 Å². The van der Waals surface area contributed by atoms with E-state index in [2.05, 4.69) is 26.8 Å². The largest absolute Gasteiger partial charge is 0.376 e. The molecule has 4 aromatic rings. The summed E-state index contributed by atoms with van der Waals surface area (Å²) in [4.78, 5) is 21.9. The lowest BCUT2D eigenvalue weighted by atomic mass is 10.1. The number of aromatic nitrogens is 5. The first-order valence-corrected chi connectivity index (χ1v) is 11.7. The van der Waals surface area contributed by atoms with Gasteiger partial charge in [-0.25, -0.2) is 9.97 Å². The summed E-state index contributed by atoms with van der Waals surface area (Å²) < 4.78 is 9.51. The zero-order valence-corrected chi connectivity index (χ0v) is 18.2. The van der Waals surface area contributed by atoms with Crippen LogP contribution >= 0.6 is 23.1 Å². The van der Waals surface area contributed by atoms with Crippen molar-refractivity contribution in [2.45, 2.75) is 43.3 Å². The fourth-order valence-electron chi connectivity index (χ4n) is 3.63. The van der Waals surface area contributed by atoms with Crippen molar-refractivity contribution in [1.82, 2.24) is 24.1 Å². The van der Waals surface area contributed by atoms with Gasteiger partial charge in [0.25, 0.3) is 5.56 Å². The summed E-state index contributed by atoms with van der Waals surface area (Å²) in [5.74, 6) is 0.628. The van der Waals surface area contributed by atoms with Gasteiger partial charge in [-0.05, 0) is 25.3 Å². The number of hydrogen-bond acceptors (Lipinski definition) is 7. The van der Waals surface area contributed by atoms with Crippen LogP contribution in [0.5, 0.6) is 0 Å². The fraction of sp³-hybridized carbons (Fsp3) is 0.333. The van der Waals surface area contributed by atoms with Gasteiger partial charge in [-0.3, -0.25) is 4.79 Å². The lowest BCUT2D eigenvalue weighted by molar-refractivity contribution is 0.0954. The first kappa shape index (κ1) is 19.5. The summed E-state index contributed by atoms with van der Waals surface area (Å²) in [7, 11) is 0. The Hall–Kier alpha value is -2.49. The summed E-state index contributed by atoms with van der Waals surface area (Å²) in [5.41, 5.74) is 2.80. The van der Waals surface area contributed by atoms with Crippen molar-refractivity contribution >= 4 is 28.1 Å². The minimum absolute atomic E-state index is 0.142. The number of benzene rings is 1. The second-order valence-electron chi connectivity index (χ2n) is 7.25. The monoisotopic (exact) mass is 439 g/mol. The Balaban J connectivity index is 1.43. The average Bonchev–Trinajstić information content (AvgIpc) is 3.48. The quantitative estimate of drug-likeness (QED) is 0.426. The van der Waals surface area contributed by atoms with E-state index in [0.717, 1.165) is 47.4 Å². The molecule has 9 heteroatoms. The Kier molecular flexibility index (Phi) is 5.41. The number of hydrogen-bond donors (Lipinski definition) is 0. The second-order valence-corrected chi connectivity index (χ2v) is 9.24. The molecule has 0 aliphatic carbocycles. The molecule has 0 N–H and O–H groups in total. The summed E-state index contributed by atoms with van der Waals surface area (Å²) in [6.45, 7) is 3.44. The maximum atomic E-state index is 12.1. The van der Waals surface area contributed by atoms with Gasteiger partial charge in [0.1, 0.15) is 5.01 Å². The molecule has 154 valence electrons. The summed E-state index contributed by atoms with van der Waals surface area (Å²) in [6, 6.07) is 11.8. The van der Waals surface area contributed by atoms with Crippen LogP contribution in [0.4, 0.5) is 0 Å². The van der Waals surface area contributed by atoms with E-state index in [9.17, 15) is 4.79 Å². The molecule has 0 saturated carbocycles. The Labute approximate surface area is 181 Å². The van der Waals surface area contributed by atoms with E-state index in [-0.39, 0.29) is 11.7 Å². The highest BCUT2D eigenvalue weighted by Gasteiger charge is 2.21. The Bertz CT molecular complexity index is 1230. The zero-order chi connectivity index (χ0) is 20.5. The van der Waals surface area contributed by atoms with Crippen LogP contribution in [0.2, 0.25) is 0 Å². The van der Waals surface area contributed by atoms with Crippen molar-refractivity contribution in [2.24, 2.45) is 0 Å². The lowest BCUT2D eigenvalue weighted by Gasteiger charge is -2.16. The Morgan fingerprint density at radius 1 is 1.30 bits per heavy atom. The van der Waals surface area contributed by atoms with Crippen LogP contribution in [-0.4, -0.2) is 36.9 Å². The first-order chi connectivity index (χ1) is 14.7. The molecule has 4 heterocycles. The molecule has 3 aromatic heterocycles. The number of ether oxygens (including phenoxy) is 1. The first-order valence-electron chi connectivity index (χ1n) is 9.89. The molecule has 0 amide bonds. The van der Waals surface area contributed by atoms with E-state index in [1.807, 2.05) is 31.3 Å². The smallest absolute Gasteiger partial charge is 0.275 e. The minimum Gasteiger partial charge on any atom is -0.376 e. The van der Waals surface area contributed by atoms with Crippen molar-refractivity contribution < 1.29 is 4.74 Å².